The molecule has 2 aliphatic rings. The van der Waals surface area contributed by atoms with Crippen molar-refractivity contribution in [3.63, 3.8) is 0 Å². The smallest absolute Gasteiger partial charge is 0.382 e. The first-order valence-electron chi connectivity index (χ1n) is 14.1. The monoisotopic (exact) mass is 579 g/mol. The summed E-state index contributed by atoms with van der Waals surface area (Å²) in [5.41, 5.74) is 8.67. The highest BCUT2D eigenvalue weighted by Crippen LogP contribution is 2.36. The Bertz CT molecular complexity index is 1580. The zero-order chi connectivity index (χ0) is 29.4. The van der Waals surface area contributed by atoms with Crippen LogP contribution >= 0.6 is 0 Å². The summed E-state index contributed by atoms with van der Waals surface area (Å²) in [4.78, 5) is 28.5. The quantitative estimate of drug-likeness (QED) is 0.320. The topological polar surface area (TPSA) is 111 Å². The van der Waals surface area contributed by atoms with Crippen molar-refractivity contribution in [3.05, 3.63) is 71.9 Å². The molecule has 3 aromatic heterocycles. The minimum absolute atomic E-state index is 0.0121. The first-order chi connectivity index (χ1) is 20.2. The summed E-state index contributed by atoms with van der Waals surface area (Å²) in [5, 5.41) is 2.95. The number of nitrogens with one attached hydrogen (secondary N) is 1. The number of likely N-dealkylation sites (tertiary alicyclic amines) is 1. The van der Waals surface area contributed by atoms with Crippen LogP contribution in [0.15, 0.2) is 55.0 Å². The Hall–Kier alpha value is -4.19. The normalized spacial score (nSPS) is 21.1. The van der Waals surface area contributed by atoms with Crippen molar-refractivity contribution in [3.8, 4) is 11.3 Å². The number of alkyl halides is 3. The number of nitrogens with two attached hydrogens (primary N) is 1. The number of hydrogen-bond acceptors (Lipinski definition) is 7. The average Bonchev–Trinajstić information content (AvgIpc) is 3.66. The van der Waals surface area contributed by atoms with E-state index in [4.69, 9.17) is 15.5 Å². The van der Waals surface area contributed by atoms with E-state index in [0.717, 1.165) is 61.0 Å². The molecule has 0 bridgehead atoms. The van der Waals surface area contributed by atoms with Gasteiger partial charge in [0.15, 0.2) is 0 Å². The standard InChI is InChI=1S/C30H32F3N7O2/c1-18-4-7-21(17-40(18)29(41)23-3-2-14-42-23)28-38-25(26-27(34)36-12-13-39(26)28)20-8-5-19(6-9-20)16-37-24-15-22(10-11-35-24)30(31,32)33/h5-6,8-13,15,18,21,23H,2-4,7,14,16-17H2,1H3,(H2,34,36)(H,35,37). The Morgan fingerprint density at radius 3 is 2.67 bits per heavy atom. The third-order valence-corrected chi connectivity index (χ3v) is 8.13. The molecule has 0 aliphatic carbocycles. The predicted molar refractivity (Wildman–Crippen MR) is 152 cm³/mol. The first kappa shape index (κ1) is 28.0. The summed E-state index contributed by atoms with van der Waals surface area (Å²) in [6, 6.07) is 9.65. The van der Waals surface area contributed by atoms with Gasteiger partial charge in [0.2, 0.25) is 0 Å². The van der Waals surface area contributed by atoms with Crippen LogP contribution in [-0.4, -0.2) is 55.5 Å². The molecule has 6 rings (SSSR count). The van der Waals surface area contributed by atoms with Crippen LogP contribution in [0, 0.1) is 0 Å². The molecule has 220 valence electrons. The Kier molecular flexibility index (Phi) is 7.48. The second-order valence-electron chi connectivity index (χ2n) is 10.9. The number of rotatable bonds is 6. The maximum absolute atomic E-state index is 13.3. The van der Waals surface area contributed by atoms with Crippen LogP contribution in [0.4, 0.5) is 24.8 Å². The summed E-state index contributed by atoms with van der Waals surface area (Å²) in [6.45, 7) is 3.55. The number of amides is 1. The van der Waals surface area contributed by atoms with Crippen LogP contribution in [0.3, 0.4) is 0 Å². The average molecular weight is 580 g/mol. The molecule has 0 saturated carbocycles. The van der Waals surface area contributed by atoms with E-state index in [0.29, 0.717) is 36.7 Å². The molecular weight excluding hydrogens is 547 g/mol. The van der Waals surface area contributed by atoms with Gasteiger partial charge >= 0.3 is 6.18 Å². The Morgan fingerprint density at radius 2 is 1.93 bits per heavy atom. The predicted octanol–water partition coefficient (Wildman–Crippen LogP) is 5.28. The van der Waals surface area contributed by atoms with Crippen LogP contribution in [0.25, 0.3) is 16.8 Å². The largest absolute Gasteiger partial charge is 0.416 e. The van der Waals surface area contributed by atoms with E-state index in [9.17, 15) is 18.0 Å². The number of hydrogen-bond donors (Lipinski definition) is 2. The minimum atomic E-state index is -4.43. The first-order valence-corrected chi connectivity index (χ1v) is 14.1. The lowest BCUT2D eigenvalue weighted by Crippen LogP contribution is -2.49. The Labute approximate surface area is 240 Å². The minimum Gasteiger partial charge on any atom is -0.382 e. The fraction of sp³-hybridized carbons (Fsp3) is 0.400. The van der Waals surface area contributed by atoms with Crippen LogP contribution < -0.4 is 11.1 Å². The van der Waals surface area contributed by atoms with E-state index in [-0.39, 0.29) is 29.8 Å². The van der Waals surface area contributed by atoms with Crippen molar-refractivity contribution in [2.75, 3.05) is 24.2 Å². The number of carbonyl (C=O) groups excluding carboxylic acids is 1. The van der Waals surface area contributed by atoms with E-state index < -0.39 is 11.7 Å². The summed E-state index contributed by atoms with van der Waals surface area (Å²) in [5.74, 6) is 1.39. The number of nitrogens with zero attached hydrogens (tertiary/aromatic N) is 5. The zero-order valence-corrected chi connectivity index (χ0v) is 23.1. The molecule has 3 N–H and O–H groups in total. The molecule has 1 aromatic carbocycles. The number of pyridine rings is 1. The number of aromatic nitrogens is 4. The highest BCUT2D eigenvalue weighted by Gasteiger charge is 2.37. The van der Waals surface area contributed by atoms with Gasteiger partial charge in [-0.15, -0.1) is 0 Å². The molecule has 42 heavy (non-hydrogen) atoms. The van der Waals surface area contributed by atoms with Crippen LogP contribution in [0.1, 0.15) is 55.5 Å². The lowest BCUT2D eigenvalue weighted by atomic mass is 9.92. The molecule has 2 aliphatic heterocycles. The molecule has 1 amide bonds. The number of ether oxygens (including phenoxy) is 1. The van der Waals surface area contributed by atoms with Gasteiger partial charge in [0.1, 0.15) is 34.8 Å². The molecular formula is C30H32F3N7O2. The molecule has 9 nitrogen and oxygen atoms in total. The highest BCUT2D eigenvalue weighted by molar-refractivity contribution is 5.85. The van der Waals surface area contributed by atoms with Crippen molar-refractivity contribution in [2.24, 2.45) is 0 Å². The van der Waals surface area contributed by atoms with Gasteiger partial charge in [0, 0.05) is 55.8 Å². The van der Waals surface area contributed by atoms with E-state index in [1.54, 1.807) is 6.20 Å². The van der Waals surface area contributed by atoms with Gasteiger partial charge < -0.3 is 20.7 Å². The second kappa shape index (κ2) is 11.2. The van der Waals surface area contributed by atoms with E-state index in [1.807, 2.05) is 39.8 Å². The number of benzene rings is 1. The number of anilines is 2. The van der Waals surface area contributed by atoms with Crippen molar-refractivity contribution in [2.45, 2.75) is 63.4 Å². The summed E-state index contributed by atoms with van der Waals surface area (Å²) in [6.07, 6.45) is 3.23. The lowest BCUT2D eigenvalue weighted by Gasteiger charge is -2.38. The number of imidazole rings is 1. The van der Waals surface area contributed by atoms with Gasteiger partial charge in [-0.2, -0.15) is 13.2 Å². The van der Waals surface area contributed by atoms with Crippen molar-refractivity contribution >= 4 is 23.1 Å². The molecule has 3 atom stereocenters. The highest BCUT2D eigenvalue weighted by atomic mass is 19.4. The second-order valence-corrected chi connectivity index (χ2v) is 10.9. The summed E-state index contributed by atoms with van der Waals surface area (Å²) < 4.78 is 46.8. The number of nitrogen functional groups attached to an aromatic ring is 1. The molecule has 3 unspecified atom stereocenters. The third kappa shape index (κ3) is 5.50. The maximum atomic E-state index is 13.3. The molecule has 0 spiro atoms. The van der Waals surface area contributed by atoms with E-state index in [1.165, 1.54) is 0 Å². The van der Waals surface area contributed by atoms with Crippen LogP contribution in [-0.2, 0) is 22.3 Å². The molecule has 2 fully saturated rings. The molecule has 4 aromatic rings. The van der Waals surface area contributed by atoms with Crippen molar-refractivity contribution in [1.82, 2.24) is 24.3 Å². The molecule has 5 heterocycles. The third-order valence-electron chi connectivity index (χ3n) is 8.13. The van der Waals surface area contributed by atoms with Crippen LogP contribution in [0.5, 0.6) is 0 Å². The SMILES string of the molecule is CC1CCC(c2nc(-c3ccc(CNc4cc(C(F)(F)F)ccn4)cc3)c3c(N)nccn23)CN1C(=O)C1CCCO1. The van der Waals surface area contributed by atoms with Gasteiger partial charge in [0.05, 0.1) is 5.56 Å². The Morgan fingerprint density at radius 1 is 1.12 bits per heavy atom. The van der Waals surface area contributed by atoms with Gasteiger partial charge in [0.25, 0.3) is 5.91 Å². The van der Waals surface area contributed by atoms with Crippen LogP contribution in [0.2, 0.25) is 0 Å². The molecule has 2 saturated heterocycles. The number of halogens is 3. The van der Waals surface area contributed by atoms with Crippen molar-refractivity contribution < 1.29 is 22.7 Å². The van der Waals surface area contributed by atoms with Gasteiger partial charge in [-0.05, 0) is 50.3 Å². The molecule has 12 heteroatoms. The van der Waals surface area contributed by atoms with Gasteiger partial charge in [-0.1, -0.05) is 24.3 Å². The summed E-state index contributed by atoms with van der Waals surface area (Å²) >= 11 is 0. The number of fused-ring (bicyclic) bond motifs is 1. The van der Waals surface area contributed by atoms with E-state index >= 15 is 0 Å². The maximum Gasteiger partial charge on any atom is 0.416 e. The molecule has 0 radical (unpaired) electrons. The fourth-order valence-corrected chi connectivity index (χ4v) is 5.84. The fourth-order valence-electron chi connectivity index (χ4n) is 5.84. The number of carbonyl (C=O) groups is 1. The van der Waals surface area contributed by atoms with Gasteiger partial charge in [-0.25, -0.2) is 15.0 Å². The Balaban J connectivity index is 1.24. The lowest BCUT2D eigenvalue weighted by molar-refractivity contribution is -0.144. The number of piperidine rings is 1. The van der Waals surface area contributed by atoms with Crippen molar-refractivity contribution in [1.29, 1.82) is 0 Å². The van der Waals surface area contributed by atoms with Gasteiger partial charge in [-0.3, -0.25) is 9.20 Å². The van der Waals surface area contributed by atoms with E-state index in [2.05, 4.69) is 22.2 Å². The zero-order valence-electron chi connectivity index (χ0n) is 23.1. The summed E-state index contributed by atoms with van der Waals surface area (Å²) in [7, 11) is 0.